The number of hydrogen-bond acceptors (Lipinski definition) is 11. The molecule has 0 amide bonds. The number of aliphatic hydroxyl groups excluding tert-OH is 6. The Morgan fingerprint density at radius 2 is 1.69 bits per heavy atom. The molecule has 0 saturated carbocycles. The van der Waals surface area contributed by atoms with Gasteiger partial charge in [-0.2, -0.15) is 0 Å². The molecule has 0 radical (unpaired) electrons. The minimum absolute atomic E-state index is 0.00248. The average Bonchev–Trinajstić information content (AvgIpc) is 3.45. The number of phenolic OH excluding ortho intramolecular Hbond substituents is 1. The Morgan fingerprint density at radius 3 is 2.33 bits per heavy atom. The molecule has 1 saturated heterocycles. The lowest BCUT2D eigenvalue weighted by Gasteiger charge is -2.43. The summed E-state index contributed by atoms with van der Waals surface area (Å²) in [5.74, 6) is 5.08. The number of aliphatic hydroxyl groups is 7. The van der Waals surface area contributed by atoms with E-state index in [2.05, 4.69) is 55.4 Å². The molecule has 0 bridgehead atoms. The van der Waals surface area contributed by atoms with Crippen molar-refractivity contribution in [3.63, 3.8) is 0 Å². The van der Waals surface area contributed by atoms with Gasteiger partial charge < -0.3 is 56.6 Å². The number of aromatic hydroxyl groups is 1. The summed E-state index contributed by atoms with van der Waals surface area (Å²) in [7, 11) is 0. The van der Waals surface area contributed by atoms with Gasteiger partial charge in [-0.15, -0.1) is 0 Å². The molecule has 11 N–H and O–H groups in total. The van der Waals surface area contributed by atoms with Gasteiger partial charge in [-0.1, -0.05) is 101 Å². The smallest absolute Gasteiger partial charge is 0.303 e. The normalized spacial score (nSPS) is 26.2. The number of benzene rings is 2. The second-order valence-corrected chi connectivity index (χ2v) is 20.1. The van der Waals surface area contributed by atoms with Crippen LogP contribution in [0, 0.1) is 29.6 Å². The van der Waals surface area contributed by atoms with E-state index in [1.807, 2.05) is 45.0 Å². The molecular formula is C55H84N2O10. The molecule has 2 aromatic rings. The van der Waals surface area contributed by atoms with Gasteiger partial charge in [-0.05, 0) is 136 Å². The Labute approximate surface area is 400 Å². The molecule has 4 rings (SSSR count). The van der Waals surface area contributed by atoms with Crippen LogP contribution in [-0.4, -0.2) is 119 Å². The van der Waals surface area contributed by atoms with Crippen LogP contribution in [0.4, 0.5) is 0 Å². The van der Waals surface area contributed by atoms with E-state index in [-0.39, 0.29) is 56.4 Å². The fourth-order valence-electron chi connectivity index (χ4n) is 10.3. The fourth-order valence-corrected chi connectivity index (χ4v) is 10.3. The number of hydrogen-bond donors (Lipinski definition) is 11. The summed E-state index contributed by atoms with van der Waals surface area (Å²) < 4.78 is 0. The summed E-state index contributed by atoms with van der Waals surface area (Å²) in [5, 5.41) is 108. The number of aliphatic carboxylic acids is 1. The van der Waals surface area contributed by atoms with Gasteiger partial charge in [0.15, 0.2) is 0 Å². The van der Waals surface area contributed by atoms with Crippen LogP contribution in [0.25, 0.3) is 0 Å². The van der Waals surface area contributed by atoms with E-state index in [0.29, 0.717) is 50.0 Å². The van der Waals surface area contributed by atoms with Crippen LogP contribution in [0.2, 0.25) is 0 Å². The number of carboxylic acids is 1. The van der Waals surface area contributed by atoms with Gasteiger partial charge in [0.1, 0.15) is 5.75 Å². The second-order valence-electron chi connectivity index (χ2n) is 20.1. The van der Waals surface area contributed by atoms with Gasteiger partial charge >= 0.3 is 5.97 Å². The van der Waals surface area contributed by atoms with Crippen molar-refractivity contribution < 1.29 is 50.8 Å². The number of allylic oxidation sites excluding steroid dienone is 2. The number of fused-ring (bicyclic) bond motifs is 1. The molecule has 12 atom stereocenters. The highest BCUT2D eigenvalue weighted by molar-refractivity contribution is 5.67. The summed E-state index contributed by atoms with van der Waals surface area (Å²) in [6.07, 6.45) is 5.78. The summed E-state index contributed by atoms with van der Waals surface area (Å²) in [4.78, 5) is 12.3. The highest BCUT2D eigenvalue weighted by atomic mass is 16.4. The maximum Gasteiger partial charge on any atom is 0.303 e. The first-order valence-electron chi connectivity index (χ1n) is 25.1. The molecule has 2 heterocycles. The minimum atomic E-state index is -1.48. The third-order valence-corrected chi connectivity index (χ3v) is 14.5. The van der Waals surface area contributed by atoms with E-state index >= 15 is 0 Å². The summed E-state index contributed by atoms with van der Waals surface area (Å²) in [6, 6.07) is 11.0. The lowest BCUT2D eigenvalue weighted by molar-refractivity contribution is -0.139. The number of phenols is 1. The summed E-state index contributed by atoms with van der Waals surface area (Å²) in [5.41, 5.74) is 3.83. The molecule has 12 nitrogen and oxygen atoms in total. The molecule has 2 aromatic carbocycles. The largest absolute Gasteiger partial charge is 0.508 e. The van der Waals surface area contributed by atoms with E-state index in [4.69, 9.17) is 0 Å². The van der Waals surface area contributed by atoms with Crippen LogP contribution in [0.3, 0.4) is 0 Å². The van der Waals surface area contributed by atoms with Gasteiger partial charge in [-0.3, -0.25) is 4.79 Å². The topological polar surface area (TPSA) is 223 Å². The van der Waals surface area contributed by atoms with Crippen LogP contribution in [0.1, 0.15) is 153 Å². The standard InChI is InChI=1S/C55H84N2O10/c1-7-9-15-49(62)50(63)29-24-39-21-20-38-13-10-12-37(8-2)44(38)14-11-16-52(55(6,67)47(27-17-35(3)4)40-22-25-42(60)26-23-40)57-48(45(39)31-43(61)34-59)28-30-51(64)54-46(32-53(65)66)41(33-58)19-18-36(5)56-54/h10,12-13,22-26,29,35-36,41,43,46-52,54,56-64,67H,7-9,15-21,27-28,30-34H2,1-6H3,(H,65,66)/b29-24+,45-39+/t36-,41+,43+,46-,47-,48+,49+,50-,51+,52-,54+,55+/m1/s1. The van der Waals surface area contributed by atoms with Crippen LogP contribution in [-0.2, 0) is 17.6 Å². The van der Waals surface area contributed by atoms with E-state index in [1.165, 1.54) is 0 Å². The molecule has 12 heteroatoms. The van der Waals surface area contributed by atoms with Gasteiger partial charge in [0.25, 0.3) is 0 Å². The Bertz CT molecular complexity index is 1940. The first-order valence-corrected chi connectivity index (χ1v) is 25.1. The van der Waals surface area contributed by atoms with Gasteiger partial charge in [-0.25, -0.2) is 0 Å². The van der Waals surface area contributed by atoms with Gasteiger partial charge in [0.05, 0.1) is 43.0 Å². The van der Waals surface area contributed by atoms with E-state index in [0.717, 1.165) is 53.5 Å². The van der Waals surface area contributed by atoms with E-state index in [1.54, 1.807) is 18.2 Å². The lowest BCUT2D eigenvalue weighted by atomic mass is 9.73. The molecule has 67 heavy (non-hydrogen) atoms. The molecular weight excluding hydrogens is 849 g/mol. The minimum Gasteiger partial charge on any atom is -0.508 e. The van der Waals surface area contributed by atoms with Crippen LogP contribution in [0.5, 0.6) is 5.75 Å². The van der Waals surface area contributed by atoms with Crippen molar-refractivity contribution in [2.75, 3.05) is 13.2 Å². The Morgan fingerprint density at radius 1 is 0.955 bits per heavy atom. The van der Waals surface area contributed by atoms with Crippen molar-refractivity contribution in [1.82, 2.24) is 10.6 Å². The zero-order valence-electron chi connectivity index (χ0n) is 41.1. The molecule has 0 aliphatic carbocycles. The first kappa shape index (κ1) is 56.0. The lowest BCUT2D eigenvalue weighted by Crippen LogP contribution is -2.56. The quantitative estimate of drug-likeness (QED) is 0.0543. The molecule has 2 aliphatic heterocycles. The van der Waals surface area contributed by atoms with Crippen molar-refractivity contribution in [3.8, 4) is 17.6 Å². The number of carboxylic acid groups (broad SMARTS) is 1. The Kier molecular flexibility index (Phi) is 23.0. The van der Waals surface area contributed by atoms with Crippen molar-refractivity contribution >= 4 is 5.97 Å². The molecule has 0 unspecified atom stereocenters. The van der Waals surface area contributed by atoms with Crippen molar-refractivity contribution in [2.24, 2.45) is 17.8 Å². The van der Waals surface area contributed by atoms with Crippen LogP contribution < -0.4 is 10.6 Å². The number of carbonyl (C=O) groups is 1. The van der Waals surface area contributed by atoms with Crippen molar-refractivity contribution in [2.45, 2.75) is 198 Å². The van der Waals surface area contributed by atoms with Crippen LogP contribution in [0.15, 0.2) is 65.8 Å². The maximum atomic E-state index is 13.2. The van der Waals surface area contributed by atoms with Crippen molar-refractivity contribution in [1.29, 1.82) is 0 Å². The average molecular weight is 933 g/mol. The predicted molar refractivity (Wildman–Crippen MR) is 264 cm³/mol. The summed E-state index contributed by atoms with van der Waals surface area (Å²) in [6.45, 7) is 11.4. The zero-order chi connectivity index (χ0) is 49.3. The maximum absolute atomic E-state index is 13.2. The third kappa shape index (κ3) is 16.5. The fraction of sp³-hybridized carbons (Fsp3) is 0.655. The molecule has 1 fully saturated rings. The number of rotatable bonds is 23. The highest BCUT2D eigenvalue weighted by Crippen LogP contribution is 2.39. The predicted octanol–water partition coefficient (Wildman–Crippen LogP) is 6.43. The van der Waals surface area contributed by atoms with E-state index in [9.17, 15) is 50.8 Å². The van der Waals surface area contributed by atoms with Crippen molar-refractivity contribution in [3.05, 3.63) is 88.0 Å². The molecule has 2 aliphatic rings. The molecule has 0 aromatic heterocycles. The Balaban J connectivity index is 2.00. The molecule has 0 spiro atoms. The Hall–Kier alpha value is -3.61. The molecule has 374 valence electrons. The monoisotopic (exact) mass is 933 g/mol. The van der Waals surface area contributed by atoms with Gasteiger partial charge in [0, 0.05) is 48.7 Å². The highest BCUT2D eigenvalue weighted by Gasteiger charge is 2.43. The number of aryl methyl sites for hydroxylation is 2. The van der Waals surface area contributed by atoms with Gasteiger partial charge in [0.2, 0.25) is 0 Å². The third-order valence-electron chi connectivity index (χ3n) is 14.5. The van der Waals surface area contributed by atoms with E-state index < -0.39 is 72.6 Å². The first-order chi connectivity index (χ1) is 31.9. The number of unbranched alkanes of at least 4 members (excludes halogenated alkanes) is 1. The van der Waals surface area contributed by atoms with Crippen LogP contribution >= 0.6 is 0 Å². The SMILES string of the molecule is CCCC[C@H](O)[C@H](O)/C=C/C1=C(\C[C@H](O)CO)[C@H](CC[C@H](O)[C@H]2N[C@H](C)CC[C@@H](CO)[C@H]2CC(=O)O)N[C@@H]([C@@](C)(O)[C@H](CCC(C)C)c2ccc(O)cc2)CC#Cc2c(CC)cccc2CC1. The zero-order valence-corrected chi connectivity index (χ0v) is 41.1. The summed E-state index contributed by atoms with van der Waals surface area (Å²) >= 11 is 0. The second kappa shape index (κ2) is 27.5. The number of nitrogens with one attached hydrogen (secondary N) is 2.